The first kappa shape index (κ1) is 21.4. The van der Waals surface area contributed by atoms with Gasteiger partial charge in [-0.05, 0) is 36.8 Å². The van der Waals surface area contributed by atoms with Crippen molar-refractivity contribution in [2.45, 2.75) is 20.0 Å². The van der Waals surface area contributed by atoms with E-state index < -0.39 is 0 Å². The van der Waals surface area contributed by atoms with Crippen LogP contribution in [0.25, 0.3) is 0 Å². The summed E-state index contributed by atoms with van der Waals surface area (Å²) in [6.07, 6.45) is 1.44. The lowest BCUT2D eigenvalue weighted by Crippen LogP contribution is -2.43. The number of ether oxygens (including phenoxy) is 1. The topological polar surface area (TPSA) is 76.1 Å². The minimum Gasteiger partial charge on any atom is -0.464 e. The molecule has 0 atom stereocenters. The Labute approximate surface area is 175 Å². The lowest BCUT2D eigenvalue weighted by molar-refractivity contribution is -0.133. The van der Waals surface area contributed by atoms with Gasteiger partial charge < -0.3 is 23.4 Å². The van der Waals surface area contributed by atoms with Crippen molar-refractivity contribution in [1.29, 1.82) is 0 Å². The monoisotopic (exact) mass is 410 g/mol. The van der Waals surface area contributed by atoms with Gasteiger partial charge in [-0.2, -0.15) is 0 Å². The second-order valence-electron chi connectivity index (χ2n) is 6.94. The summed E-state index contributed by atoms with van der Waals surface area (Å²) >= 11 is 0. The molecule has 0 N–H and O–H groups in total. The van der Waals surface area contributed by atoms with E-state index in [9.17, 15) is 9.59 Å². The first-order chi connectivity index (χ1) is 14.6. The van der Waals surface area contributed by atoms with Crippen LogP contribution in [0, 0.1) is 6.92 Å². The van der Waals surface area contributed by atoms with Gasteiger partial charge >= 0.3 is 0 Å². The van der Waals surface area contributed by atoms with E-state index >= 15 is 0 Å². The molecule has 7 heteroatoms. The second-order valence-corrected chi connectivity index (χ2v) is 6.94. The minimum absolute atomic E-state index is 0.0879. The van der Waals surface area contributed by atoms with Gasteiger partial charge in [0.05, 0.1) is 19.4 Å². The zero-order valence-corrected chi connectivity index (χ0v) is 17.2. The average molecular weight is 410 g/mol. The predicted octanol–water partition coefficient (Wildman–Crippen LogP) is 3.50. The summed E-state index contributed by atoms with van der Waals surface area (Å²) in [6.45, 7) is 3.09. The molecule has 7 nitrogen and oxygen atoms in total. The third kappa shape index (κ3) is 5.84. The van der Waals surface area contributed by atoms with Crippen molar-refractivity contribution in [3.8, 4) is 0 Å². The number of carbonyl (C=O) groups excluding carboxylic acids is 2. The molecule has 0 aliphatic heterocycles. The maximum atomic E-state index is 13.2. The second kappa shape index (κ2) is 10.5. The van der Waals surface area contributed by atoms with Crippen molar-refractivity contribution in [3.63, 3.8) is 0 Å². The van der Waals surface area contributed by atoms with Gasteiger partial charge in [0.1, 0.15) is 18.1 Å². The fourth-order valence-electron chi connectivity index (χ4n) is 3.07. The average Bonchev–Trinajstić information content (AvgIpc) is 3.43. The van der Waals surface area contributed by atoms with Gasteiger partial charge in [0.25, 0.3) is 5.91 Å². The van der Waals surface area contributed by atoms with E-state index in [0.29, 0.717) is 25.5 Å². The van der Waals surface area contributed by atoms with Gasteiger partial charge in [0.15, 0.2) is 5.76 Å². The van der Waals surface area contributed by atoms with Gasteiger partial charge in [-0.1, -0.05) is 30.3 Å². The number of methoxy groups -OCH3 is 1. The lowest BCUT2D eigenvalue weighted by atomic mass is 10.2. The van der Waals surface area contributed by atoms with Gasteiger partial charge in [0, 0.05) is 20.2 Å². The molecule has 3 rings (SSSR count). The van der Waals surface area contributed by atoms with Gasteiger partial charge in [-0.25, -0.2) is 0 Å². The Morgan fingerprint density at radius 2 is 1.77 bits per heavy atom. The van der Waals surface area contributed by atoms with Gasteiger partial charge in [-0.3, -0.25) is 9.59 Å². The zero-order valence-electron chi connectivity index (χ0n) is 17.2. The highest BCUT2D eigenvalue weighted by Gasteiger charge is 2.24. The third-order valence-corrected chi connectivity index (χ3v) is 4.62. The molecule has 2 amide bonds. The molecule has 0 bridgehead atoms. The van der Waals surface area contributed by atoms with Crippen molar-refractivity contribution >= 4 is 11.8 Å². The molecule has 30 heavy (non-hydrogen) atoms. The Bertz CT molecular complexity index is 934. The number of aryl methyl sites for hydroxylation is 1. The van der Waals surface area contributed by atoms with Crippen LogP contribution >= 0.6 is 0 Å². The summed E-state index contributed by atoms with van der Waals surface area (Å²) in [5.41, 5.74) is 0.995. The lowest BCUT2D eigenvalue weighted by Gasteiger charge is -2.27. The van der Waals surface area contributed by atoms with Crippen LogP contribution in [0.5, 0.6) is 0 Å². The van der Waals surface area contributed by atoms with Crippen molar-refractivity contribution in [2.24, 2.45) is 0 Å². The molecule has 0 spiro atoms. The van der Waals surface area contributed by atoms with E-state index in [0.717, 1.165) is 11.3 Å². The fraction of sp³-hybridized carbons (Fsp3) is 0.304. The third-order valence-electron chi connectivity index (χ3n) is 4.62. The Balaban J connectivity index is 1.77. The van der Waals surface area contributed by atoms with Crippen LogP contribution in [0.15, 0.2) is 69.7 Å². The smallest absolute Gasteiger partial charge is 0.290 e. The number of nitrogens with zero attached hydrogens (tertiary/aromatic N) is 2. The molecule has 1 aromatic carbocycles. The van der Waals surface area contributed by atoms with E-state index in [1.807, 2.05) is 49.4 Å². The number of hydrogen-bond donors (Lipinski definition) is 0. The summed E-state index contributed by atoms with van der Waals surface area (Å²) in [7, 11) is 1.55. The van der Waals surface area contributed by atoms with Gasteiger partial charge in [0.2, 0.25) is 5.91 Å². The number of benzene rings is 1. The molecule has 3 aromatic rings. The highest BCUT2D eigenvalue weighted by Crippen LogP contribution is 2.14. The maximum absolute atomic E-state index is 13.2. The number of rotatable bonds is 10. The fourth-order valence-corrected chi connectivity index (χ4v) is 3.07. The van der Waals surface area contributed by atoms with Crippen LogP contribution < -0.4 is 0 Å². The Hall–Kier alpha value is -3.32. The predicted molar refractivity (Wildman–Crippen MR) is 111 cm³/mol. The van der Waals surface area contributed by atoms with E-state index in [1.165, 1.54) is 11.2 Å². The normalized spacial score (nSPS) is 10.7. The molecule has 0 radical (unpaired) electrons. The van der Waals surface area contributed by atoms with Crippen molar-refractivity contribution in [1.82, 2.24) is 9.80 Å². The first-order valence-corrected chi connectivity index (χ1v) is 9.75. The molecule has 0 saturated carbocycles. The molecule has 2 heterocycles. The van der Waals surface area contributed by atoms with E-state index in [4.69, 9.17) is 13.6 Å². The standard InChI is InChI=1S/C23H26N2O5/c1-18-10-11-20(30-18)16-25(15-19-7-4-3-5-8-19)22(26)17-24(12-14-28-2)23(27)21-9-6-13-29-21/h3-11,13H,12,14-17H2,1-2H3. The molecule has 2 aromatic heterocycles. The number of furan rings is 2. The van der Waals surface area contributed by atoms with Crippen LogP contribution in [-0.2, 0) is 22.6 Å². The maximum Gasteiger partial charge on any atom is 0.290 e. The molecular formula is C23H26N2O5. The molecule has 0 aliphatic carbocycles. The number of carbonyl (C=O) groups is 2. The Morgan fingerprint density at radius 3 is 2.40 bits per heavy atom. The Morgan fingerprint density at radius 1 is 0.967 bits per heavy atom. The van der Waals surface area contributed by atoms with E-state index in [2.05, 4.69) is 0 Å². The van der Waals surface area contributed by atoms with E-state index in [1.54, 1.807) is 24.1 Å². The first-order valence-electron chi connectivity index (χ1n) is 9.75. The summed E-state index contributed by atoms with van der Waals surface area (Å²) in [4.78, 5) is 29.1. The molecule has 0 saturated heterocycles. The van der Waals surface area contributed by atoms with Gasteiger partial charge in [-0.15, -0.1) is 0 Å². The highest BCUT2D eigenvalue weighted by atomic mass is 16.5. The quantitative estimate of drug-likeness (QED) is 0.511. The SMILES string of the molecule is COCCN(CC(=O)N(Cc1ccccc1)Cc1ccc(C)o1)C(=O)c1ccco1. The zero-order chi connectivity index (χ0) is 21.3. The summed E-state index contributed by atoms with van der Waals surface area (Å²) < 4.78 is 16.0. The number of hydrogen-bond acceptors (Lipinski definition) is 5. The Kier molecular flexibility index (Phi) is 7.45. The van der Waals surface area contributed by atoms with Crippen molar-refractivity contribution in [3.05, 3.63) is 83.7 Å². The minimum atomic E-state index is -0.348. The molecule has 158 valence electrons. The molecular weight excluding hydrogens is 384 g/mol. The summed E-state index contributed by atoms with van der Waals surface area (Å²) in [6, 6.07) is 16.7. The largest absolute Gasteiger partial charge is 0.464 e. The molecule has 0 unspecified atom stereocenters. The van der Waals surface area contributed by atoms with Crippen LogP contribution in [-0.4, -0.2) is 48.4 Å². The number of amides is 2. The molecule has 0 aliphatic rings. The summed E-state index contributed by atoms with van der Waals surface area (Å²) in [5, 5.41) is 0. The van der Waals surface area contributed by atoms with E-state index in [-0.39, 0.29) is 30.7 Å². The van der Waals surface area contributed by atoms with Crippen LogP contribution in [0.1, 0.15) is 27.6 Å². The van der Waals surface area contributed by atoms with Crippen LogP contribution in [0.2, 0.25) is 0 Å². The van der Waals surface area contributed by atoms with Crippen LogP contribution in [0.3, 0.4) is 0 Å². The van der Waals surface area contributed by atoms with Crippen LogP contribution in [0.4, 0.5) is 0 Å². The molecule has 0 fully saturated rings. The van der Waals surface area contributed by atoms with Crippen molar-refractivity contribution < 1.29 is 23.2 Å². The summed E-state index contributed by atoms with van der Waals surface area (Å²) in [5.74, 6) is 1.13. The van der Waals surface area contributed by atoms with Crippen molar-refractivity contribution in [2.75, 3.05) is 26.8 Å². The highest BCUT2D eigenvalue weighted by molar-refractivity contribution is 5.94.